The highest BCUT2D eigenvalue weighted by molar-refractivity contribution is 6.10. The van der Waals surface area contributed by atoms with E-state index >= 15 is 0 Å². The number of nitrogen functional groups attached to an aromatic ring is 1. The first kappa shape index (κ1) is 23.9. The normalized spacial score (nSPS) is 14.8. The van der Waals surface area contributed by atoms with Crippen molar-refractivity contribution in [3.05, 3.63) is 108 Å². The third kappa shape index (κ3) is 5.08. The van der Waals surface area contributed by atoms with Crippen molar-refractivity contribution < 1.29 is 13.7 Å². The second kappa shape index (κ2) is 10.0. The van der Waals surface area contributed by atoms with E-state index < -0.39 is 5.41 Å². The van der Waals surface area contributed by atoms with Crippen molar-refractivity contribution >= 4 is 28.8 Å². The number of aromatic nitrogens is 3. The first-order valence-corrected chi connectivity index (χ1v) is 11.6. The fraction of sp³-hybridized carbons (Fsp3) is 0.148. The van der Waals surface area contributed by atoms with E-state index in [0.29, 0.717) is 22.7 Å². The lowest BCUT2D eigenvalue weighted by atomic mass is 9.95. The number of carbonyl (C=O) groups is 1. The average Bonchev–Trinajstić information content (AvgIpc) is 3.55. The molecule has 186 valence electrons. The Bertz CT molecular complexity index is 1480. The Labute approximate surface area is 212 Å². The molecule has 2 heterocycles. The van der Waals surface area contributed by atoms with Gasteiger partial charge in [0.1, 0.15) is 23.5 Å². The molecule has 10 heteroatoms. The monoisotopic (exact) mass is 497 g/mol. The topological polar surface area (TPSA) is 145 Å². The smallest absolute Gasteiger partial charge is 0.235 e. The Morgan fingerprint density at radius 3 is 2.57 bits per heavy atom. The minimum absolute atomic E-state index is 0.0653. The van der Waals surface area contributed by atoms with Crippen molar-refractivity contribution in [3.8, 4) is 0 Å². The number of benzene rings is 2. The van der Waals surface area contributed by atoms with Gasteiger partial charge in [0.2, 0.25) is 5.91 Å². The van der Waals surface area contributed by atoms with Crippen molar-refractivity contribution in [1.82, 2.24) is 15.1 Å². The maximum atomic E-state index is 14.0. The minimum Gasteiger partial charge on any atom is -0.396 e. The van der Waals surface area contributed by atoms with Crippen molar-refractivity contribution in [2.24, 2.45) is 10.7 Å². The maximum Gasteiger partial charge on any atom is 0.235 e. The number of halogens is 1. The van der Waals surface area contributed by atoms with Crippen LogP contribution in [-0.4, -0.2) is 26.7 Å². The SMILES string of the molecule is N/C(=C\C(=NCc1ccccc1F)c1ccon1)c1ncc(NC(=O)C2(c3ccccc3)CC2)c(N)n1. The van der Waals surface area contributed by atoms with Crippen LogP contribution in [-0.2, 0) is 16.8 Å². The van der Waals surface area contributed by atoms with E-state index in [1.165, 1.54) is 24.6 Å². The van der Waals surface area contributed by atoms with Gasteiger partial charge in [-0.2, -0.15) is 0 Å². The third-order valence-electron chi connectivity index (χ3n) is 6.21. The minimum atomic E-state index is -0.563. The second-order valence-corrected chi connectivity index (χ2v) is 8.67. The molecule has 1 amide bonds. The van der Waals surface area contributed by atoms with E-state index in [9.17, 15) is 9.18 Å². The highest BCUT2D eigenvalue weighted by atomic mass is 19.1. The lowest BCUT2D eigenvalue weighted by Gasteiger charge is -2.16. The molecule has 0 unspecified atom stereocenters. The van der Waals surface area contributed by atoms with Gasteiger partial charge in [-0.1, -0.05) is 53.7 Å². The number of hydrogen-bond donors (Lipinski definition) is 3. The van der Waals surface area contributed by atoms with E-state index in [2.05, 4.69) is 25.4 Å². The summed E-state index contributed by atoms with van der Waals surface area (Å²) in [6.45, 7) is 0.0653. The first-order valence-electron chi connectivity index (χ1n) is 11.6. The Morgan fingerprint density at radius 1 is 1.14 bits per heavy atom. The molecule has 5 N–H and O–H groups in total. The van der Waals surface area contributed by atoms with Crippen LogP contribution < -0.4 is 16.8 Å². The summed E-state index contributed by atoms with van der Waals surface area (Å²) in [5.74, 6) is -0.304. The van der Waals surface area contributed by atoms with Crippen molar-refractivity contribution in [2.75, 3.05) is 11.1 Å². The molecule has 1 aliphatic rings. The number of nitrogens with two attached hydrogens (primary N) is 2. The quantitative estimate of drug-likeness (QED) is 0.314. The molecular formula is C27H24FN7O2. The van der Waals surface area contributed by atoms with Gasteiger partial charge in [-0.15, -0.1) is 0 Å². The molecule has 1 aliphatic carbocycles. The standard InChI is InChI=1S/C27H24FN7O2/c28-19-9-5-4-6-17(19)15-31-22(21-10-13-37-35-21)14-20(29)25-32-16-23(24(30)34-25)33-26(36)27(11-12-27)18-7-2-1-3-8-18/h1-10,13-14,16H,11-12,15,29H2,(H,33,36)(H2,30,32,34)/b20-14-,31-22?. The number of allylic oxidation sites excluding steroid dienone is 1. The van der Waals surface area contributed by atoms with Gasteiger partial charge in [-0.05, 0) is 30.5 Å². The van der Waals surface area contributed by atoms with E-state index in [-0.39, 0.29) is 35.6 Å². The van der Waals surface area contributed by atoms with Crippen molar-refractivity contribution in [3.63, 3.8) is 0 Å². The molecule has 1 saturated carbocycles. The van der Waals surface area contributed by atoms with Gasteiger partial charge >= 0.3 is 0 Å². The predicted octanol–water partition coefficient (Wildman–Crippen LogP) is 3.85. The summed E-state index contributed by atoms with van der Waals surface area (Å²) in [6, 6.07) is 17.6. The van der Waals surface area contributed by atoms with Crippen molar-refractivity contribution in [2.45, 2.75) is 24.8 Å². The fourth-order valence-corrected chi connectivity index (χ4v) is 3.96. The molecular weight excluding hydrogens is 473 g/mol. The van der Waals surface area contributed by atoms with E-state index in [4.69, 9.17) is 16.0 Å². The number of nitrogens with zero attached hydrogens (tertiary/aromatic N) is 4. The van der Waals surface area contributed by atoms with Crippen LogP contribution in [0, 0.1) is 5.82 Å². The number of aliphatic imine (C=N–C) groups is 1. The predicted molar refractivity (Wildman–Crippen MR) is 138 cm³/mol. The van der Waals surface area contributed by atoms with Crippen LogP contribution in [0.25, 0.3) is 5.70 Å². The van der Waals surface area contributed by atoms with Gasteiger partial charge < -0.3 is 21.3 Å². The number of nitrogens with one attached hydrogen (secondary N) is 1. The first-order chi connectivity index (χ1) is 18.0. The van der Waals surface area contributed by atoms with Gasteiger partial charge in [-0.25, -0.2) is 14.4 Å². The molecule has 0 saturated heterocycles. The van der Waals surface area contributed by atoms with Crippen LogP contribution >= 0.6 is 0 Å². The van der Waals surface area contributed by atoms with Gasteiger partial charge in [0.25, 0.3) is 0 Å². The average molecular weight is 498 g/mol. The molecule has 2 aromatic heterocycles. The molecule has 0 atom stereocenters. The molecule has 0 spiro atoms. The molecule has 2 aromatic carbocycles. The third-order valence-corrected chi connectivity index (χ3v) is 6.21. The molecule has 0 aliphatic heterocycles. The van der Waals surface area contributed by atoms with Crippen LogP contribution in [0.5, 0.6) is 0 Å². The highest BCUT2D eigenvalue weighted by Crippen LogP contribution is 2.49. The second-order valence-electron chi connectivity index (χ2n) is 8.67. The molecule has 0 radical (unpaired) electrons. The molecule has 0 bridgehead atoms. The van der Waals surface area contributed by atoms with Gasteiger partial charge in [-0.3, -0.25) is 9.79 Å². The Balaban J connectivity index is 1.36. The fourth-order valence-electron chi connectivity index (χ4n) is 3.96. The van der Waals surface area contributed by atoms with Gasteiger partial charge in [0.15, 0.2) is 11.6 Å². The highest BCUT2D eigenvalue weighted by Gasteiger charge is 2.51. The largest absolute Gasteiger partial charge is 0.396 e. The van der Waals surface area contributed by atoms with Gasteiger partial charge in [0, 0.05) is 11.6 Å². The molecule has 9 nitrogen and oxygen atoms in total. The summed E-state index contributed by atoms with van der Waals surface area (Å²) < 4.78 is 19.0. The van der Waals surface area contributed by atoms with Crippen LogP contribution in [0.15, 0.2) is 88.7 Å². The maximum absolute atomic E-state index is 14.0. The van der Waals surface area contributed by atoms with Crippen LogP contribution in [0.1, 0.15) is 35.5 Å². The van der Waals surface area contributed by atoms with E-state index in [1.807, 2.05) is 30.3 Å². The molecule has 4 aromatic rings. The Kier molecular flexibility index (Phi) is 6.46. The summed E-state index contributed by atoms with van der Waals surface area (Å²) in [7, 11) is 0. The zero-order chi connectivity index (χ0) is 25.8. The summed E-state index contributed by atoms with van der Waals surface area (Å²) in [4.78, 5) is 26.0. The van der Waals surface area contributed by atoms with Crippen LogP contribution in [0.2, 0.25) is 0 Å². The lowest BCUT2D eigenvalue weighted by molar-refractivity contribution is -0.118. The Hall–Kier alpha value is -4.86. The zero-order valence-electron chi connectivity index (χ0n) is 19.8. The number of carbonyl (C=O) groups excluding carboxylic acids is 1. The Morgan fingerprint density at radius 2 is 1.89 bits per heavy atom. The number of rotatable bonds is 8. The number of hydrogen-bond acceptors (Lipinski definition) is 8. The van der Waals surface area contributed by atoms with Gasteiger partial charge in [0.05, 0.1) is 29.6 Å². The lowest BCUT2D eigenvalue weighted by Crippen LogP contribution is -2.28. The summed E-state index contributed by atoms with van der Waals surface area (Å²) in [5, 5.41) is 6.76. The number of amides is 1. The molecule has 37 heavy (non-hydrogen) atoms. The molecule has 1 fully saturated rings. The molecule has 5 rings (SSSR count). The van der Waals surface area contributed by atoms with E-state index in [0.717, 1.165) is 18.4 Å². The summed E-state index contributed by atoms with van der Waals surface area (Å²) in [5.41, 5.74) is 14.4. The summed E-state index contributed by atoms with van der Waals surface area (Å²) >= 11 is 0. The zero-order valence-corrected chi connectivity index (χ0v) is 19.8. The number of anilines is 2. The van der Waals surface area contributed by atoms with Crippen LogP contribution in [0.3, 0.4) is 0 Å². The summed E-state index contributed by atoms with van der Waals surface area (Å²) in [6.07, 6.45) is 5.85. The van der Waals surface area contributed by atoms with E-state index in [1.54, 1.807) is 24.3 Å². The van der Waals surface area contributed by atoms with Crippen LogP contribution in [0.4, 0.5) is 15.9 Å². The van der Waals surface area contributed by atoms with Crippen molar-refractivity contribution in [1.29, 1.82) is 0 Å².